The molecular weight excluding hydrogens is 406 g/mol. The lowest BCUT2D eigenvalue weighted by Crippen LogP contribution is -2.49. The summed E-state index contributed by atoms with van der Waals surface area (Å²) in [7, 11) is 0. The van der Waals surface area contributed by atoms with E-state index >= 15 is 0 Å². The number of carbonyl (C=O) groups excluding carboxylic acids is 1. The molecule has 8 nitrogen and oxygen atoms in total. The number of benzene rings is 1. The fourth-order valence-corrected chi connectivity index (χ4v) is 4.86. The number of ether oxygens (including phenoxy) is 2. The van der Waals surface area contributed by atoms with Gasteiger partial charge in [-0.25, -0.2) is 0 Å². The van der Waals surface area contributed by atoms with Gasteiger partial charge in [0.05, 0.1) is 13.2 Å². The van der Waals surface area contributed by atoms with E-state index in [-0.39, 0.29) is 5.91 Å². The summed E-state index contributed by atoms with van der Waals surface area (Å²) in [6, 6.07) is 8.41. The average molecular weight is 440 g/mol. The summed E-state index contributed by atoms with van der Waals surface area (Å²) in [5.41, 5.74) is 4.22. The quantitative estimate of drug-likeness (QED) is 0.706. The van der Waals surface area contributed by atoms with Crippen LogP contribution in [-0.2, 0) is 24.1 Å². The van der Waals surface area contributed by atoms with Gasteiger partial charge in [0.15, 0.2) is 5.69 Å². The van der Waals surface area contributed by atoms with E-state index in [4.69, 9.17) is 9.47 Å². The third-order valence-corrected chi connectivity index (χ3v) is 6.75. The molecule has 2 fully saturated rings. The zero-order valence-electron chi connectivity index (χ0n) is 18.7. The van der Waals surface area contributed by atoms with Gasteiger partial charge in [0.2, 0.25) is 0 Å². The number of nitrogens with one attached hydrogen (secondary N) is 1. The van der Waals surface area contributed by atoms with Crippen LogP contribution in [0, 0.1) is 0 Å². The topological polar surface area (TPSA) is 73.9 Å². The highest BCUT2D eigenvalue weighted by molar-refractivity contribution is 5.94. The highest BCUT2D eigenvalue weighted by Gasteiger charge is 2.28. The minimum atomic E-state index is 0.0809. The summed E-state index contributed by atoms with van der Waals surface area (Å²) in [4.78, 5) is 19.6. The van der Waals surface area contributed by atoms with E-state index in [1.807, 2.05) is 11.0 Å². The molecular formula is C24H33N5O3. The Morgan fingerprint density at radius 2 is 1.91 bits per heavy atom. The second-order valence-corrected chi connectivity index (χ2v) is 8.90. The van der Waals surface area contributed by atoms with E-state index in [0.717, 1.165) is 102 Å². The molecule has 0 radical (unpaired) electrons. The zero-order valence-corrected chi connectivity index (χ0v) is 18.7. The second kappa shape index (κ2) is 10.0. The summed E-state index contributed by atoms with van der Waals surface area (Å²) in [6.07, 6.45) is 3.10. The molecule has 1 amide bonds. The summed E-state index contributed by atoms with van der Waals surface area (Å²) in [6.45, 7) is 9.32. The lowest BCUT2D eigenvalue weighted by atomic mass is 10.1. The van der Waals surface area contributed by atoms with Gasteiger partial charge in [0, 0.05) is 63.6 Å². The predicted molar refractivity (Wildman–Crippen MR) is 121 cm³/mol. The molecule has 0 spiro atoms. The Bertz CT molecular complexity index is 916. The number of aromatic amines is 1. The van der Waals surface area contributed by atoms with Crippen LogP contribution in [0.3, 0.4) is 0 Å². The standard InChI is InChI=1S/C24H33N5O3/c30-24(23-21-5-2-6-22(21)25-26-23)29-9-7-27(8-10-29)13-16-32-20-4-1-3-19(17-20)18-28-11-14-31-15-12-28/h1,3-4,17H,2,5-16,18H2,(H,25,26). The van der Waals surface area contributed by atoms with Crippen molar-refractivity contribution in [3.63, 3.8) is 0 Å². The van der Waals surface area contributed by atoms with E-state index in [1.165, 1.54) is 5.56 Å². The maximum Gasteiger partial charge on any atom is 0.274 e. The molecule has 2 saturated heterocycles. The van der Waals surface area contributed by atoms with Crippen LogP contribution in [-0.4, -0.2) is 96.4 Å². The molecule has 0 bridgehead atoms. The van der Waals surface area contributed by atoms with Crippen molar-refractivity contribution >= 4 is 5.91 Å². The van der Waals surface area contributed by atoms with Crippen LogP contribution >= 0.6 is 0 Å². The Morgan fingerprint density at radius 1 is 1.06 bits per heavy atom. The first-order valence-corrected chi connectivity index (χ1v) is 11.9. The predicted octanol–water partition coefficient (Wildman–Crippen LogP) is 1.57. The lowest BCUT2D eigenvalue weighted by Gasteiger charge is -2.34. The van der Waals surface area contributed by atoms with Crippen LogP contribution in [0.25, 0.3) is 0 Å². The highest BCUT2D eigenvalue weighted by Crippen LogP contribution is 2.24. The number of aromatic nitrogens is 2. The Hall–Kier alpha value is -2.42. The Kier molecular flexibility index (Phi) is 6.71. The molecule has 3 aliphatic rings. The molecule has 0 saturated carbocycles. The van der Waals surface area contributed by atoms with Gasteiger partial charge < -0.3 is 14.4 Å². The van der Waals surface area contributed by atoms with Crippen LogP contribution < -0.4 is 4.74 Å². The summed E-state index contributed by atoms with van der Waals surface area (Å²) >= 11 is 0. The van der Waals surface area contributed by atoms with Crippen LogP contribution in [0.2, 0.25) is 0 Å². The van der Waals surface area contributed by atoms with E-state index in [1.54, 1.807) is 0 Å². The van der Waals surface area contributed by atoms with Gasteiger partial charge in [0.25, 0.3) is 5.91 Å². The molecule has 5 rings (SSSR count). The van der Waals surface area contributed by atoms with Gasteiger partial charge in [0.1, 0.15) is 12.4 Å². The van der Waals surface area contributed by atoms with E-state index in [2.05, 4.69) is 38.2 Å². The molecule has 0 unspecified atom stereocenters. The van der Waals surface area contributed by atoms with Crippen molar-refractivity contribution < 1.29 is 14.3 Å². The van der Waals surface area contributed by atoms with Gasteiger partial charge >= 0.3 is 0 Å². The highest BCUT2D eigenvalue weighted by atomic mass is 16.5. The summed E-state index contributed by atoms with van der Waals surface area (Å²) in [5.74, 6) is 1.01. The van der Waals surface area contributed by atoms with Crippen molar-refractivity contribution in [3.8, 4) is 5.75 Å². The number of rotatable bonds is 7. The summed E-state index contributed by atoms with van der Waals surface area (Å²) in [5, 5.41) is 7.35. The van der Waals surface area contributed by atoms with Crippen molar-refractivity contribution in [2.24, 2.45) is 0 Å². The second-order valence-electron chi connectivity index (χ2n) is 8.90. The number of aryl methyl sites for hydroxylation is 1. The van der Waals surface area contributed by atoms with Crippen molar-refractivity contribution in [2.45, 2.75) is 25.8 Å². The Labute approximate surface area is 189 Å². The van der Waals surface area contributed by atoms with Gasteiger partial charge in [-0.2, -0.15) is 5.10 Å². The van der Waals surface area contributed by atoms with Crippen molar-refractivity contribution in [1.29, 1.82) is 0 Å². The molecule has 0 atom stereocenters. The number of nitrogens with zero attached hydrogens (tertiary/aromatic N) is 4. The minimum Gasteiger partial charge on any atom is -0.492 e. The smallest absolute Gasteiger partial charge is 0.274 e. The molecule has 1 aromatic carbocycles. The molecule has 3 heterocycles. The maximum absolute atomic E-state index is 12.9. The molecule has 2 aliphatic heterocycles. The fraction of sp³-hybridized carbons (Fsp3) is 0.583. The Balaban J connectivity index is 1.05. The monoisotopic (exact) mass is 439 g/mol. The number of piperazine rings is 1. The molecule has 2 aromatic rings. The first-order chi connectivity index (χ1) is 15.8. The summed E-state index contributed by atoms with van der Waals surface area (Å²) < 4.78 is 11.5. The number of fused-ring (bicyclic) bond motifs is 1. The van der Waals surface area contributed by atoms with Gasteiger partial charge in [-0.3, -0.25) is 19.7 Å². The number of hydrogen-bond donors (Lipinski definition) is 1. The number of carbonyl (C=O) groups is 1. The SMILES string of the molecule is O=C(c1n[nH]c2c1CCC2)N1CCN(CCOc2cccc(CN3CCOCC3)c2)CC1. The normalized spacial score (nSPS) is 19.8. The Morgan fingerprint density at radius 3 is 2.75 bits per heavy atom. The molecule has 32 heavy (non-hydrogen) atoms. The van der Waals surface area contributed by atoms with E-state index in [0.29, 0.717) is 12.3 Å². The van der Waals surface area contributed by atoms with Crippen LogP contribution in [0.5, 0.6) is 5.75 Å². The molecule has 1 aliphatic carbocycles. The average Bonchev–Trinajstić information content (AvgIpc) is 3.44. The first-order valence-electron chi connectivity index (χ1n) is 11.9. The maximum atomic E-state index is 12.9. The van der Waals surface area contributed by atoms with Gasteiger partial charge in [-0.1, -0.05) is 12.1 Å². The van der Waals surface area contributed by atoms with Crippen molar-refractivity contribution in [3.05, 3.63) is 46.8 Å². The van der Waals surface area contributed by atoms with E-state index in [9.17, 15) is 4.79 Å². The number of amides is 1. The zero-order chi connectivity index (χ0) is 21.8. The molecule has 1 aromatic heterocycles. The first kappa shape index (κ1) is 21.4. The van der Waals surface area contributed by atoms with Crippen LogP contribution in [0.1, 0.15) is 33.7 Å². The molecule has 8 heteroatoms. The molecule has 1 N–H and O–H groups in total. The molecule has 172 valence electrons. The number of hydrogen-bond acceptors (Lipinski definition) is 6. The lowest BCUT2D eigenvalue weighted by molar-refractivity contribution is 0.0341. The van der Waals surface area contributed by atoms with Gasteiger partial charge in [-0.05, 0) is 37.0 Å². The third kappa shape index (κ3) is 4.98. The fourth-order valence-electron chi connectivity index (χ4n) is 4.86. The van der Waals surface area contributed by atoms with Crippen LogP contribution in [0.4, 0.5) is 0 Å². The van der Waals surface area contributed by atoms with Crippen LogP contribution in [0.15, 0.2) is 24.3 Å². The van der Waals surface area contributed by atoms with E-state index < -0.39 is 0 Å². The van der Waals surface area contributed by atoms with Gasteiger partial charge in [-0.15, -0.1) is 0 Å². The minimum absolute atomic E-state index is 0.0809. The van der Waals surface area contributed by atoms with Crippen molar-refractivity contribution in [1.82, 2.24) is 24.9 Å². The number of H-pyrrole nitrogens is 1. The largest absolute Gasteiger partial charge is 0.492 e. The third-order valence-electron chi connectivity index (χ3n) is 6.75. The number of morpholine rings is 1. The van der Waals surface area contributed by atoms with Crippen molar-refractivity contribution in [2.75, 3.05) is 65.6 Å².